The molecule has 2 heterocycles. The summed E-state index contributed by atoms with van der Waals surface area (Å²) < 4.78 is 0. The Morgan fingerprint density at radius 1 is 1.29 bits per heavy atom. The molecule has 2 aliphatic rings. The van der Waals surface area contributed by atoms with Crippen molar-refractivity contribution in [2.45, 2.75) is 6.42 Å². The van der Waals surface area contributed by atoms with Crippen LogP contribution in [-0.4, -0.2) is 37.0 Å². The molecule has 2 aliphatic heterocycles. The molecular weight excluding hydrogens is 236 g/mol. The predicted octanol–water partition coefficient (Wildman–Crippen LogP) is 1.78. The van der Waals surface area contributed by atoms with Crippen molar-refractivity contribution < 1.29 is 4.79 Å². The number of rotatable bonds is 1. The second kappa shape index (κ2) is 4.00. The molecule has 0 saturated carbocycles. The number of carbonyl (C=O) groups excluding carboxylic acids is 1. The van der Waals surface area contributed by atoms with Gasteiger partial charge in [0.05, 0.1) is 0 Å². The lowest BCUT2D eigenvalue weighted by atomic mass is 9.79. The van der Waals surface area contributed by atoms with Crippen LogP contribution in [0.15, 0.2) is 24.3 Å². The van der Waals surface area contributed by atoms with E-state index >= 15 is 0 Å². The van der Waals surface area contributed by atoms with Crippen LogP contribution in [0.3, 0.4) is 0 Å². The Bertz CT molecular complexity index is 429. The number of hydrogen-bond donors (Lipinski definition) is 1. The van der Waals surface area contributed by atoms with Crippen LogP contribution in [0.5, 0.6) is 0 Å². The second-order valence-corrected chi connectivity index (χ2v) is 5.53. The summed E-state index contributed by atoms with van der Waals surface area (Å²) >= 11 is 5.81. The summed E-state index contributed by atoms with van der Waals surface area (Å²) in [7, 11) is 0. The number of carbonyl (C=O) groups is 1. The van der Waals surface area contributed by atoms with E-state index in [0.717, 1.165) is 31.7 Å². The SMILES string of the molecule is O=C(c1ccc(Cl)cc1)N1CC2(CCNC2)C1. The van der Waals surface area contributed by atoms with E-state index in [1.807, 2.05) is 4.90 Å². The zero-order chi connectivity index (χ0) is 11.9. The van der Waals surface area contributed by atoms with Gasteiger partial charge in [-0.1, -0.05) is 11.6 Å². The highest BCUT2D eigenvalue weighted by molar-refractivity contribution is 6.30. The molecule has 1 amide bonds. The minimum atomic E-state index is 0.124. The van der Waals surface area contributed by atoms with E-state index in [1.54, 1.807) is 24.3 Å². The lowest BCUT2D eigenvalue weighted by molar-refractivity contribution is 0.0159. The van der Waals surface area contributed by atoms with E-state index < -0.39 is 0 Å². The van der Waals surface area contributed by atoms with Crippen LogP contribution in [-0.2, 0) is 0 Å². The molecule has 1 spiro atoms. The van der Waals surface area contributed by atoms with Gasteiger partial charge < -0.3 is 10.2 Å². The van der Waals surface area contributed by atoms with Gasteiger partial charge in [0.15, 0.2) is 0 Å². The number of amides is 1. The van der Waals surface area contributed by atoms with E-state index in [0.29, 0.717) is 10.4 Å². The topological polar surface area (TPSA) is 32.3 Å². The third-order valence-electron chi connectivity index (χ3n) is 3.76. The molecule has 0 atom stereocenters. The summed E-state index contributed by atoms with van der Waals surface area (Å²) in [6.45, 7) is 3.92. The van der Waals surface area contributed by atoms with E-state index in [9.17, 15) is 4.79 Å². The Morgan fingerprint density at radius 2 is 2.00 bits per heavy atom. The van der Waals surface area contributed by atoms with Crippen LogP contribution in [0.4, 0.5) is 0 Å². The maximum absolute atomic E-state index is 12.1. The summed E-state index contributed by atoms with van der Waals surface area (Å²) in [5, 5.41) is 4.03. The molecule has 0 radical (unpaired) electrons. The van der Waals surface area contributed by atoms with Crippen LogP contribution in [0.25, 0.3) is 0 Å². The first-order valence-electron chi connectivity index (χ1n) is 5.94. The molecule has 4 heteroatoms. The number of halogens is 1. The highest BCUT2D eigenvalue weighted by Gasteiger charge is 2.46. The van der Waals surface area contributed by atoms with Crippen LogP contribution in [0, 0.1) is 5.41 Å². The molecule has 90 valence electrons. The van der Waals surface area contributed by atoms with Gasteiger partial charge in [-0.15, -0.1) is 0 Å². The molecule has 17 heavy (non-hydrogen) atoms. The fraction of sp³-hybridized carbons (Fsp3) is 0.462. The van der Waals surface area contributed by atoms with Crippen molar-refractivity contribution in [3.05, 3.63) is 34.9 Å². The Morgan fingerprint density at radius 3 is 2.59 bits per heavy atom. The van der Waals surface area contributed by atoms with Crippen LogP contribution >= 0.6 is 11.6 Å². The first-order valence-corrected chi connectivity index (χ1v) is 6.32. The number of hydrogen-bond acceptors (Lipinski definition) is 2. The number of likely N-dealkylation sites (tertiary alicyclic amines) is 1. The minimum Gasteiger partial charge on any atom is -0.337 e. The molecule has 0 bridgehead atoms. The molecule has 0 unspecified atom stereocenters. The number of nitrogens with zero attached hydrogens (tertiary/aromatic N) is 1. The summed E-state index contributed by atoms with van der Waals surface area (Å²) in [5.41, 5.74) is 1.09. The van der Waals surface area contributed by atoms with Crippen LogP contribution < -0.4 is 5.32 Å². The quantitative estimate of drug-likeness (QED) is 0.824. The average molecular weight is 251 g/mol. The van der Waals surface area contributed by atoms with E-state index in [1.165, 1.54) is 6.42 Å². The van der Waals surface area contributed by atoms with E-state index in [2.05, 4.69) is 5.32 Å². The first-order chi connectivity index (χ1) is 8.19. The Balaban J connectivity index is 1.67. The second-order valence-electron chi connectivity index (χ2n) is 5.09. The number of nitrogens with one attached hydrogen (secondary N) is 1. The monoisotopic (exact) mass is 250 g/mol. The maximum atomic E-state index is 12.1. The van der Waals surface area contributed by atoms with E-state index in [-0.39, 0.29) is 5.91 Å². The summed E-state index contributed by atoms with van der Waals surface area (Å²) in [5.74, 6) is 0.124. The predicted molar refractivity (Wildman–Crippen MR) is 67.3 cm³/mol. The molecule has 1 aromatic carbocycles. The van der Waals surface area contributed by atoms with E-state index in [4.69, 9.17) is 11.6 Å². The van der Waals surface area contributed by atoms with Crippen molar-refractivity contribution in [2.24, 2.45) is 5.41 Å². The van der Waals surface area contributed by atoms with Crippen molar-refractivity contribution in [3.8, 4) is 0 Å². The Labute approximate surface area is 106 Å². The van der Waals surface area contributed by atoms with Gasteiger partial charge in [-0.05, 0) is 37.2 Å². The number of benzene rings is 1. The summed E-state index contributed by atoms with van der Waals surface area (Å²) in [4.78, 5) is 14.1. The molecule has 0 aromatic heterocycles. The van der Waals surface area contributed by atoms with Gasteiger partial charge in [0.2, 0.25) is 0 Å². The van der Waals surface area contributed by atoms with Gasteiger partial charge in [0, 0.05) is 35.6 Å². The highest BCUT2D eigenvalue weighted by atomic mass is 35.5. The van der Waals surface area contributed by atoms with Gasteiger partial charge >= 0.3 is 0 Å². The normalized spacial score (nSPS) is 21.6. The third kappa shape index (κ3) is 1.94. The van der Waals surface area contributed by atoms with Gasteiger partial charge in [0.1, 0.15) is 0 Å². The van der Waals surface area contributed by atoms with Crippen LogP contribution in [0.2, 0.25) is 5.02 Å². The third-order valence-corrected chi connectivity index (χ3v) is 4.02. The largest absolute Gasteiger partial charge is 0.337 e. The maximum Gasteiger partial charge on any atom is 0.253 e. The lowest BCUT2D eigenvalue weighted by Gasteiger charge is -2.47. The standard InChI is InChI=1S/C13H15ClN2O/c14-11-3-1-10(2-4-11)12(17)16-8-13(9-16)5-6-15-7-13/h1-4,15H,5-9H2. The molecule has 0 aliphatic carbocycles. The zero-order valence-corrected chi connectivity index (χ0v) is 10.3. The van der Waals surface area contributed by atoms with Crippen molar-refractivity contribution in [2.75, 3.05) is 26.2 Å². The van der Waals surface area contributed by atoms with Crippen molar-refractivity contribution >= 4 is 17.5 Å². The fourth-order valence-electron chi connectivity index (χ4n) is 2.75. The van der Waals surface area contributed by atoms with Gasteiger partial charge in [0.25, 0.3) is 5.91 Å². The average Bonchev–Trinajstić information content (AvgIpc) is 2.76. The molecule has 1 N–H and O–H groups in total. The lowest BCUT2D eigenvalue weighted by Crippen LogP contribution is -2.59. The molecule has 3 rings (SSSR count). The Kier molecular flexibility index (Phi) is 2.60. The molecule has 2 fully saturated rings. The Hall–Kier alpha value is -1.06. The van der Waals surface area contributed by atoms with Crippen molar-refractivity contribution in [1.82, 2.24) is 10.2 Å². The van der Waals surface area contributed by atoms with Crippen molar-refractivity contribution in [1.29, 1.82) is 0 Å². The summed E-state index contributed by atoms with van der Waals surface area (Å²) in [6.07, 6.45) is 1.19. The smallest absolute Gasteiger partial charge is 0.253 e. The van der Waals surface area contributed by atoms with Gasteiger partial charge in [-0.2, -0.15) is 0 Å². The summed E-state index contributed by atoms with van der Waals surface area (Å²) in [6, 6.07) is 7.12. The minimum absolute atomic E-state index is 0.124. The highest BCUT2D eigenvalue weighted by Crippen LogP contribution is 2.36. The molecule has 1 aromatic rings. The molecule has 2 saturated heterocycles. The van der Waals surface area contributed by atoms with Gasteiger partial charge in [-0.25, -0.2) is 0 Å². The molecular formula is C13H15ClN2O. The van der Waals surface area contributed by atoms with Gasteiger partial charge in [-0.3, -0.25) is 4.79 Å². The van der Waals surface area contributed by atoms with Crippen LogP contribution in [0.1, 0.15) is 16.8 Å². The fourth-order valence-corrected chi connectivity index (χ4v) is 2.87. The molecule has 3 nitrogen and oxygen atoms in total. The zero-order valence-electron chi connectivity index (χ0n) is 9.58. The van der Waals surface area contributed by atoms with Crippen molar-refractivity contribution in [3.63, 3.8) is 0 Å². The first kappa shape index (κ1) is 11.1.